The number of hydrogen-bond donors (Lipinski definition) is 3. The second kappa shape index (κ2) is 72.3. The molecule has 3 N–H and O–H groups in total. The van der Waals surface area contributed by atoms with Crippen LogP contribution in [-0.4, -0.2) is 96.7 Å². The van der Waals surface area contributed by atoms with Gasteiger partial charge in [0.05, 0.1) is 32.8 Å². The summed E-state index contributed by atoms with van der Waals surface area (Å²) in [7, 11) is -9.99. The van der Waals surface area contributed by atoms with Gasteiger partial charge in [-0.3, -0.25) is 37.3 Å². The minimum Gasteiger partial charge on any atom is -0.462 e. The highest BCUT2D eigenvalue weighted by atomic mass is 31.2. The molecule has 0 spiro atoms. The van der Waals surface area contributed by atoms with Crippen LogP contribution in [0.4, 0.5) is 0 Å². The van der Waals surface area contributed by atoms with Crippen LogP contribution in [0.3, 0.4) is 0 Å². The molecule has 19 heteroatoms. The van der Waals surface area contributed by atoms with Crippen molar-refractivity contribution < 1.29 is 80.2 Å². The van der Waals surface area contributed by atoms with E-state index in [0.717, 1.165) is 180 Å². The Balaban J connectivity index is 5.42. The average Bonchev–Trinajstić information content (AvgIpc) is 0.936. The lowest BCUT2D eigenvalue weighted by Gasteiger charge is -2.21. The van der Waals surface area contributed by atoms with Crippen LogP contribution in [0.15, 0.2) is 146 Å². The molecule has 0 saturated carbocycles. The number of aliphatic hydroxyl groups excluding tert-OH is 1. The molecule has 0 amide bonds. The molecule has 0 heterocycles. The van der Waals surface area contributed by atoms with Crippen LogP contribution in [0.1, 0.15) is 285 Å². The van der Waals surface area contributed by atoms with E-state index in [1.165, 1.54) is 25.7 Å². The Labute approximate surface area is 605 Å². The highest BCUT2D eigenvalue weighted by molar-refractivity contribution is 7.47. The van der Waals surface area contributed by atoms with E-state index in [9.17, 15) is 43.2 Å². The van der Waals surface area contributed by atoms with E-state index in [2.05, 4.69) is 149 Å². The molecule has 570 valence electrons. The van der Waals surface area contributed by atoms with Crippen LogP contribution in [0.2, 0.25) is 0 Å². The maximum Gasteiger partial charge on any atom is 0.472 e. The summed E-state index contributed by atoms with van der Waals surface area (Å²) in [6.07, 6.45) is 81.6. The third-order valence-electron chi connectivity index (χ3n) is 15.3. The van der Waals surface area contributed by atoms with Crippen molar-refractivity contribution >= 4 is 39.5 Å². The zero-order valence-corrected chi connectivity index (χ0v) is 63.9. The van der Waals surface area contributed by atoms with E-state index in [-0.39, 0.29) is 25.7 Å². The van der Waals surface area contributed by atoms with E-state index >= 15 is 0 Å². The van der Waals surface area contributed by atoms with Gasteiger partial charge in [-0.25, -0.2) is 9.13 Å². The molecule has 0 fully saturated rings. The van der Waals surface area contributed by atoms with Gasteiger partial charge in [-0.15, -0.1) is 0 Å². The Hall–Kier alpha value is -5.06. The smallest absolute Gasteiger partial charge is 0.462 e. The number of hydrogen-bond acceptors (Lipinski definition) is 15. The summed E-state index contributed by atoms with van der Waals surface area (Å²) < 4.78 is 68.3. The highest BCUT2D eigenvalue weighted by Gasteiger charge is 2.30. The average molecular weight is 1440 g/mol. The van der Waals surface area contributed by atoms with Gasteiger partial charge in [0.15, 0.2) is 12.2 Å². The van der Waals surface area contributed by atoms with Crippen molar-refractivity contribution in [3.05, 3.63) is 146 Å². The summed E-state index contributed by atoms with van der Waals surface area (Å²) in [6, 6.07) is 0. The first-order chi connectivity index (χ1) is 48.7. The second-order valence-electron chi connectivity index (χ2n) is 24.8. The molecule has 0 aliphatic carbocycles. The number of esters is 4. The number of carbonyl (C=O) groups excluding carboxylic acids is 4. The minimum atomic E-state index is -5.00. The third kappa shape index (κ3) is 71.3. The summed E-state index contributed by atoms with van der Waals surface area (Å²) in [5.41, 5.74) is 0. The number of carbonyl (C=O) groups is 4. The molecule has 100 heavy (non-hydrogen) atoms. The number of unbranched alkanes of at least 4 members (excludes halogenated alkanes) is 21. The molecule has 0 aromatic heterocycles. The Morgan fingerprint density at radius 1 is 0.300 bits per heavy atom. The van der Waals surface area contributed by atoms with E-state index < -0.39 is 97.5 Å². The molecule has 5 unspecified atom stereocenters. The Kier molecular flexibility index (Phi) is 68.6. The Bertz CT molecular complexity index is 2470. The van der Waals surface area contributed by atoms with Gasteiger partial charge in [0.2, 0.25) is 0 Å². The van der Waals surface area contributed by atoms with E-state index in [1.807, 2.05) is 18.2 Å². The fraction of sp³-hybridized carbons (Fsp3) is 0.654. The first kappa shape index (κ1) is 94.9. The highest BCUT2D eigenvalue weighted by Crippen LogP contribution is 2.45. The van der Waals surface area contributed by atoms with Gasteiger partial charge in [-0.1, -0.05) is 263 Å². The van der Waals surface area contributed by atoms with Crippen molar-refractivity contribution in [1.82, 2.24) is 0 Å². The summed E-state index contributed by atoms with van der Waals surface area (Å²) in [4.78, 5) is 72.8. The Morgan fingerprint density at radius 2 is 0.580 bits per heavy atom. The molecule has 0 saturated heterocycles. The van der Waals surface area contributed by atoms with Gasteiger partial charge in [-0.05, 0) is 141 Å². The monoisotopic (exact) mass is 1440 g/mol. The Morgan fingerprint density at radius 3 is 0.940 bits per heavy atom. The van der Waals surface area contributed by atoms with E-state index in [0.29, 0.717) is 25.7 Å². The van der Waals surface area contributed by atoms with E-state index in [1.54, 1.807) is 6.08 Å². The summed E-state index contributed by atoms with van der Waals surface area (Å²) in [5.74, 6) is -2.37. The molecule has 0 aliphatic heterocycles. The molecule has 0 aromatic rings. The van der Waals surface area contributed by atoms with Crippen molar-refractivity contribution in [2.24, 2.45) is 0 Å². The number of phosphoric acid groups is 2. The second-order valence-corrected chi connectivity index (χ2v) is 27.7. The molecular weight excluding hydrogens is 1310 g/mol. The topological polar surface area (TPSA) is 237 Å². The number of rotatable bonds is 70. The van der Waals surface area contributed by atoms with Gasteiger partial charge < -0.3 is 33.8 Å². The minimum absolute atomic E-state index is 0.0552. The maximum atomic E-state index is 13.1. The summed E-state index contributed by atoms with van der Waals surface area (Å²) in [6.45, 7) is 4.39. The number of phosphoric ester groups is 2. The van der Waals surface area contributed by atoms with Crippen LogP contribution in [-0.2, 0) is 65.4 Å². The third-order valence-corrected chi connectivity index (χ3v) is 17.2. The molecule has 0 radical (unpaired) electrons. The van der Waals surface area contributed by atoms with Crippen molar-refractivity contribution in [2.45, 2.75) is 303 Å². The lowest BCUT2D eigenvalue weighted by Crippen LogP contribution is -2.30. The molecule has 0 aliphatic rings. The molecule has 0 rings (SSSR count). The van der Waals surface area contributed by atoms with Crippen molar-refractivity contribution in [1.29, 1.82) is 0 Å². The standard InChI is InChI=1S/C81H134O17P2/c1-5-9-13-17-21-25-29-33-35-36-37-38-40-44-46-50-54-58-62-66-79(84)92-72-77(98-81(86)68-64-60-56-52-48-42-32-28-24-20-16-12-8-4)74-96-100(89,90)94-70-75(82)69-93-99(87,88)95-73-76(97-80(85)67-63-59-55-51-47-41-31-27-23-19-15-11-7-3)71-91-78(83)65-61-57-53-49-45-43-39-34-30-26-22-18-14-10-6-2/h9-10,13-15,19,21-22,25-28,31-35,37-39,45,49,57,61,75-77,82H,5-8,11-12,16-18,20,23-24,29-30,36,40-44,46-48,50-56,58-60,62-74H2,1-4H3,(H,87,88)(H,89,90)/b13-9-,14-10-,19-15-,25-21-,26-22-,31-27-,32-28-,35-33-,38-37-,39-34-,49-45-,61-57-. The fourth-order valence-corrected chi connectivity index (χ4v) is 11.1. The van der Waals surface area contributed by atoms with Crippen LogP contribution in [0.5, 0.6) is 0 Å². The molecular formula is C81H134O17P2. The van der Waals surface area contributed by atoms with Crippen molar-refractivity contribution in [3.63, 3.8) is 0 Å². The van der Waals surface area contributed by atoms with Gasteiger partial charge >= 0.3 is 39.5 Å². The van der Waals surface area contributed by atoms with Gasteiger partial charge in [-0.2, -0.15) is 0 Å². The molecule has 17 nitrogen and oxygen atoms in total. The zero-order valence-electron chi connectivity index (χ0n) is 62.1. The lowest BCUT2D eigenvalue weighted by molar-refractivity contribution is -0.161. The first-order valence-corrected chi connectivity index (χ1v) is 41.1. The van der Waals surface area contributed by atoms with Crippen molar-refractivity contribution in [3.8, 4) is 0 Å². The lowest BCUT2D eigenvalue weighted by atomic mass is 10.1. The van der Waals surface area contributed by atoms with Gasteiger partial charge in [0, 0.05) is 19.3 Å². The van der Waals surface area contributed by atoms with Crippen LogP contribution < -0.4 is 0 Å². The van der Waals surface area contributed by atoms with Crippen LogP contribution in [0, 0.1) is 0 Å². The van der Waals surface area contributed by atoms with E-state index in [4.69, 9.17) is 37.0 Å². The van der Waals surface area contributed by atoms with Gasteiger partial charge in [0.1, 0.15) is 19.3 Å². The summed E-state index contributed by atoms with van der Waals surface area (Å²) >= 11 is 0. The number of ether oxygens (including phenoxy) is 4. The van der Waals surface area contributed by atoms with Crippen LogP contribution in [0.25, 0.3) is 0 Å². The van der Waals surface area contributed by atoms with Crippen molar-refractivity contribution in [2.75, 3.05) is 39.6 Å². The number of aliphatic hydroxyl groups is 1. The van der Waals surface area contributed by atoms with Gasteiger partial charge in [0.25, 0.3) is 0 Å². The SMILES string of the molecule is CC/C=C\C/C=C\C/C=C\C/C=C\C/C=C\CC(=O)OCC(COP(=O)(O)OCC(O)COP(=O)(O)OCC(COC(=O)CCCCCCCC/C=C\C/C=C\C/C=C\C/C=C\CC)OC(=O)CCCCCCC/C=C\CCCCCC)OC(=O)CCCCCCC/C=C\C/C=C\CCC. The fourth-order valence-electron chi connectivity index (χ4n) is 9.55. The summed E-state index contributed by atoms with van der Waals surface area (Å²) in [5, 5.41) is 10.6. The first-order valence-electron chi connectivity index (χ1n) is 38.1. The maximum absolute atomic E-state index is 13.1. The quantitative estimate of drug-likeness (QED) is 0.0169. The predicted octanol–water partition coefficient (Wildman–Crippen LogP) is 21.9. The predicted molar refractivity (Wildman–Crippen MR) is 408 cm³/mol. The van der Waals surface area contributed by atoms with Crippen LogP contribution >= 0.6 is 15.6 Å². The number of allylic oxidation sites excluding steroid dienone is 23. The normalized spacial score (nSPS) is 14.8. The largest absolute Gasteiger partial charge is 0.472 e. The zero-order chi connectivity index (χ0) is 73.2. The molecule has 0 aromatic carbocycles. The molecule has 5 atom stereocenters. The molecule has 0 bridgehead atoms.